The van der Waals surface area contributed by atoms with Gasteiger partial charge in [-0.15, -0.1) is 0 Å². The molecule has 172 valence electrons. The Hall–Kier alpha value is -3.02. The van der Waals surface area contributed by atoms with Crippen LogP contribution in [-0.2, 0) is 9.59 Å². The highest BCUT2D eigenvalue weighted by Gasteiger charge is 2.21. The van der Waals surface area contributed by atoms with E-state index in [-0.39, 0.29) is 31.1 Å². The average Bonchev–Trinajstić information content (AvgIpc) is 3.35. The Bertz CT molecular complexity index is 889. The average molecular weight is 439 g/mol. The van der Waals surface area contributed by atoms with E-state index in [1.165, 1.54) is 5.56 Å². The van der Waals surface area contributed by atoms with Gasteiger partial charge in [-0.1, -0.05) is 51.1 Å². The van der Waals surface area contributed by atoms with Crippen LogP contribution in [-0.4, -0.2) is 43.0 Å². The molecule has 1 unspecified atom stereocenters. The third-order valence-electron chi connectivity index (χ3n) is 5.76. The number of ether oxygens (including phenoxy) is 2. The number of para-hydroxylation sites is 1. The van der Waals surface area contributed by atoms with Crippen molar-refractivity contribution in [3.63, 3.8) is 0 Å². The van der Waals surface area contributed by atoms with Crippen molar-refractivity contribution in [3.8, 4) is 11.5 Å². The Morgan fingerprint density at radius 2 is 1.66 bits per heavy atom. The summed E-state index contributed by atoms with van der Waals surface area (Å²) in [6.07, 6.45) is 2.79. The lowest BCUT2D eigenvalue weighted by molar-refractivity contribution is -0.132. The van der Waals surface area contributed by atoms with Crippen molar-refractivity contribution in [1.29, 1.82) is 0 Å². The molecule has 0 aliphatic carbocycles. The van der Waals surface area contributed by atoms with Gasteiger partial charge in [0, 0.05) is 18.7 Å². The van der Waals surface area contributed by atoms with Gasteiger partial charge in [-0.25, -0.2) is 0 Å². The highest BCUT2D eigenvalue weighted by atomic mass is 16.5. The summed E-state index contributed by atoms with van der Waals surface area (Å²) in [5.74, 6) is 1.55. The molecule has 0 saturated carbocycles. The molecule has 1 N–H and O–H groups in total. The van der Waals surface area contributed by atoms with E-state index in [2.05, 4.69) is 19.2 Å². The smallest absolute Gasteiger partial charge is 0.260 e. The van der Waals surface area contributed by atoms with Gasteiger partial charge in [0.2, 0.25) is 0 Å². The normalized spacial score (nSPS) is 14.3. The standard InChI is InChI=1S/C26H34N2O4/c1-4-23(27-25(29)17-31-21-13-11-20(12-14-21)19(2)3)22-9-5-6-10-24(22)32-18-26(30)28-15-7-8-16-28/h5-6,9-14,19,23H,4,7-8,15-18H2,1-3H3,(H,27,29). The van der Waals surface area contributed by atoms with Crippen molar-refractivity contribution in [1.82, 2.24) is 10.2 Å². The minimum atomic E-state index is -0.229. The Morgan fingerprint density at radius 1 is 0.969 bits per heavy atom. The number of amides is 2. The second-order valence-electron chi connectivity index (χ2n) is 8.46. The second-order valence-corrected chi connectivity index (χ2v) is 8.46. The minimum Gasteiger partial charge on any atom is -0.484 e. The van der Waals surface area contributed by atoms with Gasteiger partial charge in [-0.3, -0.25) is 9.59 Å². The maximum atomic E-state index is 12.5. The first-order valence-corrected chi connectivity index (χ1v) is 11.5. The Kier molecular flexibility index (Phi) is 8.54. The first-order chi connectivity index (χ1) is 15.5. The number of hydrogen-bond donors (Lipinski definition) is 1. The van der Waals surface area contributed by atoms with Crippen LogP contribution in [0.25, 0.3) is 0 Å². The fraction of sp³-hybridized carbons (Fsp3) is 0.462. The first-order valence-electron chi connectivity index (χ1n) is 11.5. The SMILES string of the molecule is CCC(NC(=O)COc1ccc(C(C)C)cc1)c1ccccc1OCC(=O)N1CCCC1. The molecule has 1 saturated heterocycles. The van der Waals surface area contributed by atoms with Crippen molar-refractivity contribution in [2.45, 2.75) is 52.0 Å². The zero-order valence-electron chi connectivity index (χ0n) is 19.3. The number of nitrogens with zero attached hydrogens (tertiary/aromatic N) is 1. The van der Waals surface area contributed by atoms with Crippen molar-refractivity contribution in [3.05, 3.63) is 59.7 Å². The summed E-state index contributed by atoms with van der Waals surface area (Å²) in [6, 6.07) is 15.1. The van der Waals surface area contributed by atoms with Gasteiger partial charge in [-0.2, -0.15) is 0 Å². The number of likely N-dealkylation sites (tertiary alicyclic amines) is 1. The Morgan fingerprint density at radius 3 is 2.31 bits per heavy atom. The van der Waals surface area contributed by atoms with Crippen LogP contribution in [0.4, 0.5) is 0 Å². The number of rotatable bonds is 10. The molecule has 0 aromatic heterocycles. The van der Waals surface area contributed by atoms with Crippen LogP contribution in [0.2, 0.25) is 0 Å². The highest BCUT2D eigenvalue weighted by Crippen LogP contribution is 2.27. The fourth-order valence-electron chi connectivity index (χ4n) is 3.83. The Balaban J connectivity index is 1.56. The van der Waals surface area contributed by atoms with Crippen LogP contribution in [0.1, 0.15) is 63.1 Å². The van der Waals surface area contributed by atoms with Crippen molar-refractivity contribution in [2.24, 2.45) is 0 Å². The van der Waals surface area contributed by atoms with E-state index in [4.69, 9.17) is 9.47 Å². The summed E-state index contributed by atoms with van der Waals surface area (Å²) in [5.41, 5.74) is 2.09. The Labute approximate surface area is 190 Å². The second kappa shape index (κ2) is 11.6. The van der Waals surface area contributed by atoms with Gasteiger partial charge >= 0.3 is 0 Å². The monoisotopic (exact) mass is 438 g/mol. The third-order valence-corrected chi connectivity index (χ3v) is 5.76. The van der Waals surface area contributed by atoms with E-state index in [9.17, 15) is 9.59 Å². The predicted molar refractivity (Wildman–Crippen MR) is 125 cm³/mol. The van der Waals surface area contributed by atoms with Gasteiger partial charge in [0.25, 0.3) is 11.8 Å². The summed E-state index contributed by atoms with van der Waals surface area (Å²) in [5, 5.41) is 3.03. The quantitative estimate of drug-likeness (QED) is 0.595. The molecule has 0 bridgehead atoms. The zero-order valence-corrected chi connectivity index (χ0v) is 19.3. The molecule has 0 spiro atoms. The molecule has 1 fully saturated rings. The molecular formula is C26H34N2O4. The van der Waals surface area contributed by atoms with Crippen LogP contribution in [0, 0.1) is 0 Å². The number of carbonyl (C=O) groups excluding carboxylic acids is 2. The lowest BCUT2D eigenvalue weighted by Crippen LogP contribution is -2.34. The van der Waals surface area contributed by atoms with Crippen molar-refractivity contribution in [2.75, 3.05) is 26.3 Å². The molecule has 32 heavy (non-hydrogen) atoms. The zero-order chi connectivity index (χ0) is 22.9. The topological polar surface area (TPSA) is 67.9 Å². The molecule has 6 heteroatoms. The molecule has 2 aromatic carbocycles. The van der Waals surface area contributed by atoms with Crippen molar-refractivity contribution >= 4 is 11.8 Å². The summed E-state index contributed by atoms with van der Waals surface area (Å²) >= 11 is 0. The van der Waals surface area contributed by atoms with Gasteiger partial charge in [-0.05, 0) is 48.9 Å². The maximum Gasteiger partial charge on any atom is 0.260 e. The number of benzene rings is 2. The number of hydrogen-bond acceptors (Lipinski definition) is 4. The van der Waals surface area contributed by atoms with Crippen LogP contribution < -0.4 is 14.8 Å². The van der Waals surface area contributed by atoms with Gasteiger partial charge in [0.05, 0.1) is 6.04 Å². The van der Waals surface area contributed by atoms with E-state index < -0.39 is 0 Å². The first kappa shape index (κ1) is 23.6. The molecule has 1 aliphatic heterocycles. The number of carbonyl (C=O) groups is 2. The van der Waals surface area contributed by atoms with E-state index in [0.29, 0.717) is 23.8 Å². The molecule has 1 heterocycles. The molecule has 1 atom stereocenters. The van der Waals surface area contributed by atoms with E-state index in [0.717, 1.165) is 31.5 Å². The molecule has 6 nitrogen and oxygen atoms in total. The van der Waals surface area contributed by atoms with E-state index in [1.807, 2.05) is 60.4 Å². The summed E-state index contributed by atoms with van der Waals surface area (Å²) in [4.78, 5) is 26.7. The van der Waals surface area contributed by atoms with Crippen LogP contribution in [0.3, 0.4) is 0 Å². The maximum absolute atomic E-state index is 12.5. The molecule has 1 aliphatic rings. The molecular weight excluding hydrogens is 404 g/mol. The lowest BCUT2D eigenvalue weighted by atomic mass is 10.0. The van der Waals surface area contributed by atoms with E-state index >= 15 is 0 Å². The molecule has 2 amide bonds. The predicted octanol–water partition coefficient (Wildman–Crippen LogP) is 4.46. The van der Waals surface area contributed by atoms with Gasteiger partial charge in [0.1, 0.15) is 11.5 Å². The largest absolute Gasteiger partial charge is 0.484 e. The summed E-state index contributed by atoms with van der Waals surface area (Å²) in [6.45, 7) is 7.83. The molecule has 0 radical (unpaired) electrons. The van der Waals surface area contributed by atoms with Crippen molar-refractivity contribution < 1.29 is 19.1 Å². The fourth-order valence-corrected chi connectivity index (χ4v) is 3.83. The summed E-state index contributed by atoms with van der Waals surface area (Å²) in [7, 11) is 0. The third kappa shape index (κ3) is 6.49. The minimum absolute atomic E-state index is 0.00581. The summed E-state index contributed by atoms with van der Waals surface area (Å²) < 4.78 is 11.5. The molecule has 2 aromatic rings. The van der Waals surface area contributed by atoms with Gasteiger partial charge in [0.15, 0.2) is 13.2 Å². The number of nitrogens with one attached hydrogen (secondary N) is 1. The lowest BCUT2D eigenvalue weighted by Gasteiger charge is -2.22. The van der Waals surface area contributed by atoms with Crippen LogP contribution >= 0.6 is 0 Å². The highest BCUT2D eigenvalue weighted by molar-refractivity contribution is 5.79. The van der Waals surface area contributed by atoms with Crippen LogP contribution in [0.5, 0.6) is 11.5 Å². The van der Waals surface area contributed by atoms with Gasteiger partial charge < -0.3 is 19.7 Å². The van der Waals surface area contributed by atoms with E-state index in [1.54, 1.807) is 0 Å². The van der Waals surface area contributed by atoms with Crippen LogP contribution in [0.15, 0.2) is 48.5 Å². The molecule has 3 rings (SSSR count).